The molecule has 0 saturated heterocycles. The number of unbranched alkanes of at least 4 members (excludes halogenated alkanes) is 9. The molecule has 1 N–H and O–H groups in total. The Bertz CT molecular complexity index is 1050. The van der Waals surface area contributed by atoms with E-state index in [1.807, 2.05) is 24.3 Å². The van der Waals surface area contributed by atoms with Crippen LogP contribution in [0, 0.1) is 11.8 Å². The van der Waals surface area contributed by atoms with Gasteiger partial charge in [-0.3, -0.25) is 9.59 Å². The van der Waals surface area contributed by atoms with E-state index in [4.69, 9.17) is 4.74 Å². The molecule has 2 unspecified atom stereocenters. The fourth-order valence-corrected chi connectivity index (χ4v) is 6.77. The van der Waals surface area contributed by atoms with Crippen molar-refractivity contribution in [1.82, 2.24) is 0 Å². The van der Waals surface area contributed by atoms with E-state index in [0.717, 1.165) is 43.2 Å². The van der Waals surface area contributed by atoms with Crippen molar-refractivity contribution in [3.8, 4) is 0 Å². The molecular weight excluding hydrogens is 496 g/mol. The molecule has 4 rings (SSSR count). The van der Waals surface area contributed by atoms with Crippen LogP contribution < -0.4 is 0 Å². The van der Waals surface area contributed by atoms with E-state index in [9.17, 15) is 14.7 Å². The Morgan fingerprint density at radius 2 is 1.40 bits per heavy atom. The van der Waals surface area contributed by atoms with Gasteiger partial charge in [-0.15, -0.1) is 0 Å². The molecule has 1 fully saturated rings. The third-order valence-corrected chi connectivity index (χ3v) is 9.34. The second-order valence-corrected chi connectivity index (χ2v) is 12.3. The van der Waals surface area contributed by atoms with Gasteiger partial charge in [0.1, 0.15) is 6.10 Å². The van der Waals surface area contributed by atoms with E-state index in [-0.39, 0.29) is 11.9 Å². The topological polar surface area (TPSA) is 63.6 Å². The highest BCUT2D eigenvalue weighted by Gasteiger charge is 2.39. The minimum atomic E-state index is -0.882. The number of hydrogen-bond acceptors (Lipinski definition) is 3. The molecule has 2 aliphatic carbocycles. The van der Waals surface area contributed by atoms with E-state index in [0.29, 0.717) is 18.8 Å². The summed E-state index contributed by atoms with van der Waals surface area (Å²) in [5.41, 5.74) is 4.77. The molecule has 2 aliphatic rings. The Morgan fingerprint density at radius 3 is 2.05 bits per heavy atom. The first-order valence-corrected chi connectivity index (χ1v) is 16.2. The van der Waals surface area contributed by atoms with Crippen molar-refractivity contribution in [2.75, 3.05) is 0 Å². The van der Waals surface area contributed by atoms with E-state index in [1.54, 1.807) is 0 Å². The number of carbonyl (C=O) groups excluding carboxylic acids is 1. The predicted molar refractivity (Wildman–Crippen MR) is 161 cm³/mol. The number of hydrogen-bond donors (Lipinski definition) is 1. The van der Waals surface area contributed by atoms with Crippen LogP contribution in [0.1, 0.15) is 138 Å². The Labute approximate surface area is 241 Å². The lowest BCUT2D eigenvalue weighted by Gasteiger charge is -2.33. The summed E-state index contributed by atoms with van der Waals surface area (Å²) in [5.74, 6) is -1.44. The number of ether oxygens (including phenoxy) is 1. The number of carboxylic acids is 1. The van der Waals surface area contributed by atoms with Crippen LogP contribution in [0.15, 0.2) is 48.5 Å². The summed E-state index contributed by atoms with van der Waals surface area (Å²) < 4.78 is 5.96. The fraction of sp³-hybridized carbons (Fsp3) is 0.611. The van der Waals surface area contributed by atoms with E-state index in [2.05, 4.69) is 31.2 Å². The largest absolute Gasteiger partial charge is 0.481 e. The molecular formula is C36H50O4. The summed E-state index contributed by atoms with van der Waals surface area (Å²) in [4.78, 5) is 25.1. The van der Waals surface area contributed by atoms with Gasteiger partial charge in [-0.1, -0.05) is 113 Å². The zero-order valence-electron chi connectivity index (χ0n) is 24.6. The Morgan fingerprint density at radius 1 is 0.775 bits per heavy atom. The zero-order chi connectivity index (χ0) is 28.2. The maximum Gasteiger partial charge on any atom is 0.310 e. The van der Waals surface area contributed by atoms with Gasteiger partial charge in [-0.05, 0) is 79.5 Å². The third kappa shape index (κ3) is 8.69. The normalized spacial score (nSPS) is 22.4. The standard InChI is InChI=1S/C36H50O4/c1-2-3-4-5-6-7-8-9-10-11-14-27-17-19-28(20-18-27)29-21-23-31(24-22-29)36(39)40-34-32-16-13-12-15-30(32)25-26-33(34)35(37)38/h12-13,15-20,29,31,33-34H,2-11,14,21-26H2,1H3,(H,37,38). The number of aryl methyl sites for hydroxylation is 2. The van der Waals surface area contributed by atoms with Crippen LogP contribution in [0.2, 0.25) is 0 Å². The van der Waals surface area contributed by atoms with Gasteiger partial charge < -0.3 is 9.84 Å². The SMILES string of the molecule is CCCCCCCCCCCCc1ccc(C2CCC(C(=O)OC3c4ccccc4CCC3C(=O)O)CC2)cc1. The number of benzene rings is 2. The Hall–Kier alpha value is -2.62. The maximum atomic E-state index is 13.2. The third-order valence-electron chi connectivity index (χ3n) is 9.34. The number of aliphatic carboxylic acids is 1. The van der Waals surface area contributed by atoms with Gasteiger partial charge in [-0.25, -0.2) is 0 Å². The van der Waals surface area contributed by atoms with Crippen LogP contribution in [0.3, 0.4) is 0 Å². The minimum Gasteiger partial charge on any atom is -0.481 e. The van der Waals surface area contributed by atoms with Crippen LogP contribution >= 0.6 is 0 Å². The number of carboxylic acid groups (broad SMARTS) is 1. The lowest BCUT2D eigenvalue weighted by Crippen LogP contribution is -2.33. The van der Waals surface area contributed by atoms with Crippen LogP contribution in [-0.4, -0.2) is 17.0 Å². The molecule has 2 aromatic rings. The van der Waals surface area contributed by atoms with Gasteiger partial charge in [0.2, 0.25) is 0 Å². The summed E-state index contributed by atoms with van der Waals surface area (Å²) in [6, 6.07) is 17.0. The summed E-state index contributed by atoms with van der Waals surface area (Å²) in [6.45, 7) is 2.28. The van der Waals surface area contributed by atoms with Gasteiger partial charge in [0.05, 0.1) is 11.8 Å². The first-order chi connectivity index (χ1) is 19.6. The number of carbonyl (C=O) groups is 2. The second kappa shape index (κ2) is 16.0. The van der Waals surface area contributed by atoms with Gasteiger partial charge in [0, 0.05) is 0 Å². The Balaban J connectivity index is 1.17. The van der Waals surface area contributed by atoms with Crippen LogP contribution in [0.25, 0.3) is 0 Å². The Kier molecular flexibility index (Phi) is 12.1. The van der Waals surface area contributed by atoms with E-state index >= 15 is 0 Å². The molecule has 1 saturated carbocycles. The van der Waals surface area contributed by atoms with Crippen molar-refractivity contribution in [1.29, 1.82) is 0 Å². The molecule has 40 heavy (non-hydrogen) atoms. The quantitative estimate of drug-likeness (QED) is 0.178. The predicted octanol–water partition coefficient (Wildman–Crippen LogP) is 9.36. The van der Waals surface area contributed by atoms with Gasteiger partial charge >= 0.3 is 11.9 Å². The highest BCUT2D eigenvalue weighted by atomic mass is 16.5. The van der Waals surface area contributed by atoms with Crippen molar-refractivity contribution in [2.24, 2.45) is 11.8 Å². The number of esters is 1. The maximum absolute atomic E-state index is 13.2. The molecule has 2 aromatic carbocycles. The molecule has 0 heterocycles. The number of fused-ring (bicyclic) bond motifs is 1. The highest BCUT2D eigenvalue weighted by Crippen LogP contribution is 2.41. The van der Waals surface area contributed by atoms with Gasteiger partial charge in [-0.2, -0.15) is 0 Å². The summed E-state index contributed by atoms with van der Waals surface area (Å²) in [5, 5.41) is 9.77. The lowest BCUT2D eigenvalue weighted by atomic mass is 9.78. The molecule has 0 amide bonds. The average Bonchev–Trinajstić information content (AvgIpc) is 2.98. The van der Waals surface area contributed by atoms with Gasteiger partial charge in [0.15, 0.2) is 0 Å². The molecule has 4 heteroatoms. The fourth-order valence-electron chi connectivity index (χ4n) is 6.77. The minimum absolute atomic E-state index is 0.143. The van der Waals surface area contributed by atoms with E-state index < -0.39 is 18.0 Å². The molecule has 0 bridgehead atoms. The molecule has 0 spiro atoms. The molecule has 2 atom stereocenters. The summed E-state index contributed by atoms with van der Waals surface area (Å²) >= 11 is 0. The second-order valence-electron chi connectivity index (χ2n) is 12.3. The summed E-state index contributed by atoms with van der Waals surface area (Å²) in [6.07, 6.45) is 18.9. The van der Waals surface area contributed by atoms with Crippen LogP contribution in [0.4, 0.5) is 0 Å². The monoisotopic (exact) mass is 546 g/mol. The first-order valence-electron chi connectivity index (χ1n) is 16.2. The number of rotatable bonds is 15. The summed E-state index contributed by atoms with van der Waals surface area (Å²) in [7, 11) is 0. The average molecular weight is 547 g/mol. The van der Waals surface area contributed by atoms with Crippen LogP contribution in [-0.2, 0) is 27.2 Å². The van der Waals surface area contributed by atoms with Crippen molar-refractivity contribution < 1.29 is 19.4 Å². The molecule has 218 valence electrons. The lowest BCUT2D eigenvalue weighted by molar-refractivity contribution is -0.164. The molecule has 0 aromatic heterocycles. The molecule has 0 aliphatic heterocycles. The van der Waals surface area contributed by atoms with Crippen molar-refractivity contribution >= 4 is 11.9 Å². The molecule has 4 nitrogen and oxygen atoms in total. The van der Waals surface area contributed by atoms with Crippen molar-refractivity contribution in [3.05, 3.63) is 70.8 Å². The van der Waals surface area contributed by atoms with Gasteiger partial charge in [0.25, 0.3) is 0 Å². The molecule has 0 radical (unpaired) electrons. The smallest absolute Gasteiger partial charge is 0.310 e. The van der Waals surface area contributed by atoms with Crippen molar-refractivity contribution in [3.63, 3.8) is 0 Å². The van der Waals surface area contributed by atoms with Crippen molar-refractivity contribution in [2.45, 2.75) is 128 Å². The zero-order valence-corrected chi connectivity index (χ0v) is 24.6. The first kappa shape index (κ1) is 30.3. The van der Waals surface area contributed by atoms with Crippen LogP contribution in [0.5, 0.6) is 0 Å². The highest BCUT2D eigenvalue weighted by molar-refractivity contribution is 5.75. The van der Waals surface area contributed by atoms with E-state index in [1.165, 1.54) is 75.3 Å².